The van der Waals surface area contributed by atoms with E-state index in [9.17, 15) is 13.6 Å². The van der Waals surface area contributed by atoms with Gasteiger partial charge in [-0.3, -0.25) is 4.79 Å². The monoisotopic (exact) mass is 219 g/mol. The van der Waals surface area contributed by atoms with Crippen LogP contribution >= 0.6 is 11.6 Å². The Hall–Kier alpha value is -1.03. The van der Waals surface area contributed by atoms with Crippen molar-refractivity contribution in [1.82, 2.24) is 4.98 Å². The van der Waals surface area contributed by atoms with Crippen LogP contribution in [0.5, 0.6) is 0 Å². The Bertz CT molecular complexity index is 355. The first-order valence-electron chi connectivity index (χ1n) is 3.89. The zero-order chi connectivity index (χ0) is 10.7. The highest BCUT2D eigenvalue weighted by molar-refractivity contribution is 6.17. The average molecular weight is 220 g/mol. The fraction of sp³-hybridized carbons (Fsp3) is 0.333. The molecule has 1 aromatic rings. The smallest absolute Gasteiger partial charge is 0.265 e. The summed E-state index contributed by atoms with van der Waals surface area (Å²) in [5, 5.41) is 0. The normalized spacial score (nSPS) is 10.6. The molecule has 0 aliphatic carbocycles. The minimum atomic E-state index is -2.62. The van der Waals surface area contributed by atoms with Crippen molar-refractivity contribution in [2.24, 2.45) is 0 Å². The van der Waals surface area contributed by atoms with Crippen LogP contribution in [0.15, 0.2) is 6.07 Å². The zero-order valence-corrected chi connectivity index (χ0v) is 8.18. The van der Waals surface area contributed by atoms with Crippen LogP contribution in [0.25, 0.3) is 0 Å². The number of aldehydes is 1. The Labute approximate surface area is 84.9 Å². The molecule has 0 bridgehead atoms. The fourth-order valence-electron chi connectivity index (χ4n) is 1.10. The topological polar surface area (TPSA) is 30.0 Å². The number of aromatic nitrogens is 1. The number of hydrogen-bond acceptors (Lipinski definition) is 2. The molecule has 5 heteroatoms. The first kappa shape index (κ1) is 11.0. The summed E-state index contributed by atoms with van der Waals surface area (Å²) in [4.78, 5) is 14.2. The van der Waals surface area contributed by atoms with Gasteiger partial charge in [-0.05, 0) is 18.6 Å². The maximum Gasteiger partial charge on any atom is 0.265 e. The van der Waals surface area contributed by atoms with Crippen LogP contribution in [-0.2, 0) is 5.88 Å². The van der Waals surface area contributed by atoms with Crippen molar-refractivity contribution in [3.63, 3.8) is 0 Å². The van der Waals surface area contributed by atoms with Crippen LogP contribution in [-0.4, -0.2) is 11.3 Å². The number of aryl methyl sites for hydroxylation is 1. The molecule has 2 nitrogen and oxygen atoms in total. The van der Waals surface area contributed by atoms with E-state index in [1.165, 1.54) is 6.07 Å². The van der Waals surface area contributed by atoms with Crippen molar-refractivity contribution in [1.29, 1.82) is 0 Å². The van der Waals surface area contributed by atoms with Gasteiger partial charge in [0.1, 0.15) is 5.69 Å². The van der Waals surface area contributed by atoms with Crippen molar-refractivity contribution < 1.29 is 13.6 Å². The lowest BCUT2D eigenvalue weighted by atomic mass is 10.1. The third kappa shape index (κ3) is 2.07. The van der Waals surface area contributed by atoms with Gasteiger partial charge in [0, 0.05) is 5.56 Å². The van der Waals surface area contributed by atoms with Gasteiger partial charge in [-0.2, -0.15) is 0 Å². The average Bonchev–Trinajstić information content (AvgIpc) is 2.17. The van der Waals surface area contributed by atoms with Gasteiger partial charge in [0.2, 0.25) is 0 Å². The molecule has 0 N–H and O–H groups in total. The highest BCUT2D eigenvalue weighted by Crippen LogP contribution is 2.24. The number of carbonyl (C=O) groups is 1. The molecule has 0 aromatic carbocycles. The van der Waals surface area contributed by atoms with Crippen LogP contribution in [0.3, 0.4) is 0 Å². The van der Waals surface area contributed by atoms with Gasteiger partial charge in [-0.1, -0.05) is 0 Å². The Morgan fingerprint density at radius 3 is 2.71 bits per heavy atom. The quantitative estimate of drug-likeness (QED) is 0.578. The molecule has 1 heterocycles. The van der Waals surface area contributed by atoms with E-state index in [1.807, 2.05) is 0 Å². The number of rotatable bonds is 3. The summed E-state index contributed by atoms with van der Waals surface area (Å²) in [6, 6.07) is 1.25. The predicted octanol–water partition coefficient (Wildman–Crippen LogP) is 2.88. The Balaban J connectivity index is 3.31. The molecule has 0 atom stereocenters. The zero-order valence-electron chi connectivity index (χ0n) is 7.43. The molecule has 0 saturated heterocycles. The third-order valence-corrected chi connectivity index (χ3v) is 2.09. The number of alkyl halides is 3. The number of nitrogens with zero attached hydrogens (tertiary/aromatic N) is 1. The first-order valence-corrected chi connectivity index (χ1v) is 4.43. The van der Waals surface area contributed by atoms with Gasteiger partial charge in [0.15, 0.2) is 6.29 Å². The lowest BCUT2D eigenvalue weighted by molar-refractivity contribution is 0.111. The van der Waals surface area contributed by atoms with Crippen LogP contribution in [0.2, 0.25) is 0 Å². The lowest BCUT2D eigenvalue weighted by Crippen LogP contribution is -2.02. The van der Waals surface area contributed by atoms with E-state index in [0.717, 1.165) is 0 Å². The van der Waals surface area contributed by atoms with E-state index in [0.29, 0.717) is 11.8 Å². The molecule has 0 radical (unpaired) electrons. The summed E-state index contributed by atoms with van der Waals surface area (Å²) >= 11 is 5.45. The van der Waals surface area contributed by atoms with Gasteiger partial charge in [-0.15, -0.1) is 11.6 Å². The lowest BCUT2D eigenvalue weighted by Gasteiger charge is -2.07. The van der Waals surface area contributed by atoms with Crippen molar-refractivity contribution in [2.45, 2.75) is 19.2 Å². The third-order valence-electron chi connectivity index (χ3n) is 1.84. The molecular formula is C9H8ClF2NO. The predicted molar refractivity (Wildman–Crippen MR) is 48.9 cm³/mol. The van der Waals surface area contributed by atoms with Gasteiger partial charge >= 0.3 is 0 Å². The van der Waals surface area contributed by atoms with Gasteiger partial charge in [0.05, 0.1) is 11.6 Å². The highest BCUT2D eigenvalue weighted by atomic mass is 35.5. The summed E-state index contributed by atoms with van der Waals surface area (Å²) in [7, 11) is 0. The van der Waals surface area contributed by atoms with Crippen molar-refractivity contribution in [3.8, 4) is 0 Å². The molecule has 76 valence electrons. The van der Waals surface area contributed by atoms with Crippen molar-refractivity contribution in [2.75, 3.05) is 0 Å². The number of hydrogen-bond donors (Lipinski definition) is 0. The second kappa shape index (κ2) is 4.46. The maximum absolute atomic E-state index is 12.4. The van der Waals surface area contributed by atoms with E-state index in [2.05, 4.69) is 4.98 Å². The van der Waals surface area contributed by atoms with Crippen molar-refractivity contribution in [3.05, 3.63) is 28.6 Å². The molecule has 0 spiro atoms. The largest absolute Gasteiger partial charge is 0.296 e. The summed E-state index contributed by atoms with van der Waals surface area (Å²) in [5.74, 6) is -0.124. The minimum Gasteiger partial charge on any atom is -0.296 e. The van der Waals surface area contributed by atoms with Crippen molar-refractivity contribution >= 4 is 17.9 Å². The Morgan fingerprint density at radius 2 is 2.29 bits per heavy atom. The van der Waals surface area contributed by atoms with E-state index in [-0.39, 0.29) is 22.8 Å². The molecule has 0 amide bonds. The van der Waals surface area contributed by atoms with Crippen LogP contribution in [0.1, 0.15) is 33.7 Å². The number of halogens is 3. The van der Waals surface area contributed by atoms with Crippen LogP contribution < -0.4 is 0 Å². The summed E-state index contributed by atoms with van der Waals surface area (Å²) < 4.78 is 24.9. The van der Waals surface area contributed by atoms with E-state index >= 15 is 0 Å². The molecule has 0 unspecified atom stereocenters. The van der Waals surface area contributed by atoms with E-state index in [1.54, 1.807) is 6.92 Å². The van der Waals surface area contributed by atoms with Crippen LogP contribution in [0.4, 0.5) is 8.78 Å². The molecule has 0 fully saturated rings. The van der Waals surface area contributed by atoms with Gasteiger partial charge in [0.25, 0.3) is 6.43 Å². The molecule has 14 heavy (non-hydrogen) atoms. The van der Waals surface area contributed by atoms with Gasteiger partial charge in [-0.25, -0.2) is 13.8 Å². The second-order valence-electron chi connectivity index (χ2n) is 2.78. The molecule has 0 aliphatic rings. The fourth-order valence-corrected chi connectivity index (χ4v) is 1.32. The minimum absolute atomic E-state index is 0.0642. The summed E-state index contributed by atoms with van der Waals surface area (Å²) in [6.45, 7) is 1.56. The van der Waals surface area contributed by atoms with E-state index < -0.39 is 6.43 Å². The first-order chi connectivity index (χ1) is 6.60. The Kier molecular flexibility index (Phi) is 3.52. The molecule has 0 aliphatic heterocycles. The SMILES string of the molecule is Cc1cc(C(F)F)c(CCl)nc1C=O. The van der Waals surface area contributed by atoms with Gasteiger partial charge < -0.3 is 0 Å². The second-order valence-corrected chi connectivity index (χ2v) is 3.05. The summed E-state index contributed by atoms with van der Waals surface area (Å²) in [5.41, 5.74) is 0.451. The summed E-state index contributed by atoms with van der Waals surface area (Å²) in [6.07, 6.45) is -2.09. The standard InChI is InChI=1S/C9H8ClF2NO/c1-5-2-6(9(11)12)7(3-10)13-8(5)4-14/h2,4,9H,3H2,1H3. The molecule has 1 aromatic heterocycles. The molecule has 0 saturated carbocycles. The maximum atomic E-state index is 12.4. The van der Waals surface area contributed by atoms with E-state index in [4.69, 9.17) is 11.6 Å². The number of carbonyl (C=O) groups excluding carboxylic acids is 1. The molecule has 1 rings (SSSR count). The van der Waals surface area contributed by atoms with Crippen LogP contribution in [0, 0.1) is 6.92 Å². The number of pyridine rings is 1. The highest BCUT2D eigenvalue weighted by Gasteiger charge is 2.15. The molecular weight excluding hydrogens is 212 g/mol. The Morgan fingerprint density at radius 1 is 1.64 bits per heavy atom.